The Labute approximate surface area is 42.1 Å². The second-order valence-electron chi connectivity index (χ2n) is 0.967. The van der Waals surface area contributed by atoms with Gasteiger partial charge >= 0.3 is 0 Å². The van der Waals surface area contributed by atoms with Crippen LogP contribution in [-0.4, -0.2) is 11.4 Å². The third-order valence-electron chi connectivity index (χ3n) is 0.390. The van der Waals surface area contributed by atoms with Crippen molar-refractivity contribution >= 4 is 17.4 Å². The van der Waals surface area contributed by atoms with Crippen LogP contribution in [0.2, 0.25) is 0 Å². The van der Waals surface area contributed by atoms with Gasteiger partial charge in [0.25, 0.3) is 0 Å². The molecule has 0 radical (unpaired) electrons. The zero-order valence-electron chi connectivity index (χ0n) is 3.81. The van der Waals surface area contributed by atoms with Crippen molar-refractivity contribution in [3.63, 3.8) is 0 Å². The average Bonchev–Trinajstić information content (AvgIpc) is 1.61. The topological polar surface area (TPSA) is 17.1 Å². The van der Waals surface area contributed by atoms with Gasteiger partial charge in [-0.15, -0.1) is 0 Å². The highest BCUT2D eigenvalue weighted by molar-refractivity contribution is 8.11. The lowest BCUT2D eigenvalue weighted by atomic mass is 10.6. The van der Waals surface area contributed by atoms with Crippen molar-refractivity contribution in [3.8, 4) is 0 Å². The molecule has 0 rings (SSSR count). The number of hydrogen-bond acceptors (Lipinski definition) is 2. The predicted molar refractivity (Wildman–Crippen MR) is 29.5 cm³/mol. The Morgan fingerprint density at radius 1 is 1.83 bits per heavy atom. The van der Waals surface area contributed by atoms with Crippen LogP contribution >= 0.6 is 11.8 Å². The van der Waals surface area contributed by atoms with Crippen molar-refractivity contribution in [2.24, 2.45) is 0 Å². The van der Waals surface area contributed by atoms with Crippen LogP contribution in [-0.2, 0) is 4.79 Å². The molecule has 36 valence electrons. The monoisotopic (exact) mass is 104 g/mol. The number of thioether (sulfide) groups is 1. The molecule has 0 heterocycles. The Bertz CT molecular complexity index is 36.5. The van der Waals surface area contributed by atoms with E-state index < -0.39 is 0 Å². The molecule has 0 fully saturated rings. The minimum absolute atomic E-state index is 0.878. The average molecular weight is 104 g/mol. The van der Waals surface area contributed by atoms with Crippen LogP contribution in [0.4, 0.5) is 0 Å². The molecule has 0 aromatic rings. The Morgan fingerprint density at radius 3 is 2.67 bits per heavy atom. The van der Waals surface area contributed by atoms with Crippen molar-refractivity contribution in [2.75, 3.05) is 5.75 Å². The Hall–Kier alpha value is 0.0200. The summed E-state index contributed by atoms with van der Waals surface area (Å²) in [5.41, 5.74) is 0.878. The molecule has 0 aromatic heterocycles. The van der Waals surface area contributed by atoms with E-state index >= 15 is 0 Å². The molecule has 0 N–H and O–H groups in total. The summed E-state index contributed by atoms with van der Waals surface area (Å²) in [6.45, 7) is 2.05. The van der Waals surface area contributed by atoms with Gasteiger partial charge in [0.1, 0.15) is 0 Å². The lowest BCUT2D eigenvalue weighted by Gasteiger charge is -1.79. The third kappa shape index (κ3) is 4.02. The highest BCUT2D eigenvalue weighted by Gasteiger charge is 1.74. The number of hydrogen-bond donors (Lipinski definition) is 0. The Morgan fingerprint density at radius 2 is 2.50 bits per heavy atom. The van der Waals surface area contributed by atoms with Crippen LogP contribution in [0.15, 0.2) is 0 Å². The molecule has 0 saturated carbocycles. The summed E-state index contributed by atoms with van der Waals surface area (Å²) in [7, 11) is 0. The molecule has 0 aromatic carbocycles. The number of carbonyl (C=O) groups excluding carboxylic acids is 1. The smallest absolute Gasteiger partial charge is 0.176 e. The first-order chi connectivity index (χ1) is 2.91. The first-order valence-electron chi connectivity index (χ1n) is 1.97. The summed E-state index contributed by atoms with van der Waals surface area (Å²) in [5, 5.41) is 0. The van der Waals surface area contributed by atoms with E-state index in [0.29, 0.717) is 0 Å². The fourth-order valence-corrected chi connectivity index (χ4v) is 0.498. The molecule has 0 unspecified atom stereocenters. The molecule has 0 bridgehead atoms. The van der Waals surface area contributed by atoms with Gasteiger partial charge in [-0.1, -0.05) is 18.7 Å². The number of carbonyl (C=O) groups is 1. The summed E-state index contributed by atoms with van der Waals surface area (Å²) >= 11 is 1.33. The van der Waals surface area contributed by atoms with Crippen LogP contribution in [0.1, 0.15) is 13.3 Å². The predicted octanol–water partition coefficient (Wildman–Crippen LogP) is 1.32. The summed E-state index contributed by atoms with van der Waals surface area (Å²) < 4.78 is 0. The van der Waals surface area contributed by atoms with E-state index in [4.69, 9.17) is 0 Å². The first kappa shape index (κ1) is 6.02. The van der Waals surface area contributed by atoms with Crippen LogP contribution in [0.5, 0.6) is 0 Å². The lowest BCUT2D eigenvalue weighted by Crippen LogP contribution is -1.69. The fourth-order valence-electron chi connectivity index (χ4n) is 0.166. The molecule has 1 nitrogen and oxygen atoms in total. The molecule has 0 aliphatic heterocycles. The van der Waals surface area contributed by atoms with E-state index in [2.05, 4.69) is 6.92 Å². The van der Waals surface area contributed by atoms with Gasteiger partial charge in [-0.3, -0.25) is 4.79 Å². The lowest BCUT2D eigenvalue weighted by molar-refractivity contribution is 0.570. The second-order valence-corrected chi connectivity index (χ2v) is 1.90. The van der Waals surface area contributed by atoms with Gasteiger partial charge in [0.15, 0.2) is 5.62 Å². The SMILES string of the molecule is CCCSC=O. The maximum absolute atomic E-state index is 9.53. The molecular formula is C4H8OS. The zero-order valence-corrected chi connectivity index (χ0v) is 4.62. The van der Waals surface area contributed by atoms with Crippen LogP contribution in [0, 0.1) is 0 Å². The standard InChI is InChI=1S/C4H8OS/c1-2-3-6-4-5/h4H,2-3H2,1H3. The van der Waals surface area contributed by atoms with Crippen molar-refractivity contribution in [1.82, 2.24) is 0 Å². The highest BCUT2D eigenvalue weighted by Crippen LogP contribution is 1.93. The van der Waals surface area contributed by atoms with E-state index in [1.807, 2.05) is 0 Å². The van der Waals surface area contributed by atoms with Crippen LogP contribution < -0.4 is 0 Å². The van der Waals surface area contributed by atoms with Gasteiger partial charge < -0.3 is 0 Å². The van der Waals surface area contributed by atoms with Gasteiger partial charge in [-0.05, 0) is 6.42 Å². The van der Waals surface area contributed by atoms with Crippen molar-refractivity contribution < 1.29 is 4.79 Å². The zero-order chi connectivity index (χ0) is 4.83. The largest absolute Gasteiger partial charge is 0.291 e. The van der Waals surface area contributed by atoms with Gasteiger partial charge in [-0.2, -0.15) is 0 Å². The minimum atomic E-state index is 0.878. The number of rotatable bonds is 3. The van der Waals surface area contributed by atoms with Gasteiger partial charge in [-0.25, -0.2) is 0 Å². The molecule has 6 heavy (non-hydrogen) atoms. The first-order valence-corrected chi connectivity index (χ1v) is 3.02. The summed E-state index contributed by atoms with van der Waals surface area (Å²) in [6, 6.07) is 0. The molecule has 0 atom stereocenters. The quantitative estimate of drug-likeness (QED) is 0.397. The summed E-state index contributed by atoms with van der Waals surface area (Å²) in [4.78, 5) is 9.53. The Balaban J connectivity index is 2.49. The van der Waals surface area contributed by atoms with Crippen molar-refractivity contribution in [1.29, 1.82) is 0 Å². The van der Waals surface area contributed by atoms with Crippen molar-refractivity contribution in [3.05, 3.63) is 0 Å². The van der Waals surface area contributed by atoms with E-state index in [1.165, 1.54) is 11.8 Å². The van der Waals surface area contributed by atoms with Crippen LogP contribution in [0.3, 0.4) is 0 Å². The molecule has 0 amide bonds. The third-order valence-corrected chi connectivity index (χ3v) is 1.17. The van der Waals surface area contributed by atoms with E-state index in [9.17, 15) is 4.79 Å². The van der Waals surface area contributed by atoms with Crippen LogP contribution in [0.25, 0.3) is 0 Å². The van der Waals surface area contributed by atoms with Crippen molar-refractivity contribution in [2.45, 2.75) is 13.3 Å². The van der Waals surface area contributed by atoms with Gasteiger partial charge in [0.2, 0.25) is 0 Å². The molecule has 2 heteroatoms. The maximum Gasteiger partial charge on any atom is 0.176 e. The molecule has 0 saturated heterocycles. The van der Waals surface area contributed by atoms with E-state index in [-0.39, 0.29) is 0 Å². The minimum Gasteiger partial charge on any atom is -0.291 e. The fraction of sp³-hybridized carbons (Fsp3) is 0.750. The molecular weight excluding hydrogens is 96.1 g/mol. The van der Waals surface area contributed by atoms with Gasteiger partial charge in [0, 0.05) is 5.75 Å². The van der Waals surface area contributed by atoms with E-state index in [0.717, 1.165) is 17.8 Å². The Kier molecular flexibility index (Phi) is 5.04. The van der Waals surface area contributed by atoms with E-state index in [1.54, 1.807) is 0 Å². The maximum atomic E-state index is 9.53. The normalized spacial score (nSPS) is 8.17. The summed E-state index contributed by atoms with van der Waals surface area (Å²) in [6.07, 6.45) is 1.09. The molecule has 0 spiro atoms. The second kappa shape index (κ2) is 5.02. The molecule has 0 aliphatic rings. The van der Waals surface area contributed by atoms with Gasteiger partial charge in [0.05, 0.1) is 0 Å². The molecule has 0 aliphatic carbocycles. The summed E-state index contributed by atoms with van der Waals surface area (Å²) in [5.74, 6) is 0.962. The highest BCUT2D eigenvalue weighted by atomic mass is 32.2.